The molecule has 2 aliphatic heterocycles. The fourth-order valence-corrected chi connectivity index (χ4v) is 2.39. The van der Waals surface area contributed by atoms with Crippen molar-refractivity contribution in [3.63, 3.8) is 0 Å². The number of amides is 1. The largest absolute Gasteiger partial charge is 0.447 e. The maximum Gasteiger partial charge on any atom is 0.415 e. The van der Waals surface area contributed by atoms with E-state index in [1.54, 1.807) is 12.4 Å². The fraction of sp³-hybridized carbons (Fsp3) is 0.583. The summed E-state index contributed by atoms with van der Waals surface area (Å²) in [4.78, 5) is 21.6. The average molecular weight is 248 g/mol. The lowest BCUT2D eigenvalue weighted by Crippen LogP contribution is -2.29. The van der Waals surface area contributed by atoms with Crippen LogP contribution in [0.2, 0.25) is 0 Å². The first-order valence-corrected chi connectivity index (χ1v) is 6.31. The molecule has 18 heavy (non-hydrogen) atoms. The van der Waals surface area contributed by atoms with Gasteiger partial charge in [0.25, 0.3) is 0 Å². The summed E-state index contributed by atoms with van der Waals surface area (Å²) in [5.41, 5.74) is 0.999. The normalized spacial score (nSPS) is 24.1. The Bertz CT molecular complexity index is 428. The van der Waals surface area contributed by atoms with Crippen molar-refractivity contribution in [2.75, 3.05) is 31.1 Å². The summed E-state index contributed by atoms with van der Waals surface area (Å²) in [6.07, 6.45) is 5.42. The van der Waals surface area contributed by atoms with Crippen molar-refractivity contribution in [3.8, 4) is 0 Å². The number of rotatable bonds is 2. The van der Waals surface area contributed by atoms with Gasteiger partial charge in [-0.05, 0) is 19.4 Å². The van der Waals surface area contributed by atoms with Crippen LogP contribution in [0.25, 0.3) is 0 Å². The average Bonchev–Trinajstić information content (AvgIpc) is 2.86. The van der Waals surface area contributed by atoms with Crippen LogP contribution in [0.4, 0.5) is 10.6 Å². The molecule has 1 atom stereocenters. The molecule has 3 heterocycles. The molecule has 0 bridgehead atoms. The van der Waals surface area contributed by atoms with E-state index in [-0.39, 0.29) is 6.09 Å². The van der Waals surface area contributed by atoms with Gasteiger partial charge in [-0.2, -0.15) is 0 Å². The highest BCUT2D eigenvalue weighted by molar-refractivity contribution is 5.87. The van der Waals surface area contributed by atoms with E-state index in [0.717, 1.165) is 25.2 Å². The molecule has 0 aromatic carbocycles. The SMILES string of the molecule is O=C1OCCN1c1cnc([C@@H]2CCCNC2)cn1. The number of anilines is 1. The standard InChI is InChI=1S/C12H16N4O2/c17-12-16(4-5-18-12)11-8-14-10(7-15-11)9-2-1-3-13-6-9/h7-9,13H,1-6H2/t9-/m1/s1. The summed E-state index contributed by atoms with van der Waals surface area (Å²) in [7, 11) is 0. The molecule has 3 rings (SSSR count). The predicted octanol–water partition coefficient (Wildman–Crippen LogP) is 0.900. The maximum atomic E-state index is 11.4. The van der Waals surface area contributed by atoms with Gasteiger partial charge in [0, 0.05) is 12.5 Å². The Morgan fingerprint density at radius 1 is 1.39 bits per heavy atom. The number of nitrogens with zero attached hydrogens (tertiary/aromatic N) is 3. The number of ether oxygens (including phenoxy) is 1. The molecular formula is C12H16N4O2. The summed E-state index contributed by atoms with van der Waals surface area (Å²) in [6.45, 7) is 3.02. The topological polar surface area (TPSA) is 67.3 Å². The van der Waals surface area contributed by atoms with Crippen molar-refractivity contribution in [3.05, 3.63) is 18.1 Å². The summed E-state index contributed by atoms with van der Waals surface area (Å²) < 4.78 is 4.88. The van der Waals surface area contributed by atoms with Crippen LogP contribution >= 0.6 is 0 Å². The highest BCUT2D eigenvalue weighted by atomic mass is 16.6. The Morgan fingerprint density at radius 2 is 2.33 bits per heavy atom. The summed E-state index contributed by atoms with van der Waals surface area (Å²) >= 11 is 0. The third-order valence-electron chi connectivity index (χ3n) is 3.41. The van der Waals surface area contributed by atoms with Gasteiger partial charge in [0.2, 0.25) is 0 Å². The smallest absolute Gasteiger partial charge is 0.415 e. The molecule has 2 saturated heterocycles. The van der Waals surface area contributed by atoms with Gasteiger partial charge in [-0.3, -0.25) is 9.88 Å². The van der Waals surface area contributed by atoms with E-state index in [4.69, 9.17) is 4.74 Å². The van der Waals surface area contributed by atoms with E-state index < -0.39 is 0 Å². The van der Waals surface area contributed by atoms with Gasteiger partial charge < -0.3 is 10.1 Å². The van der Waals surface area contributed by atoms with Gasteiger partial charge in [0.1, 0.15) is 6.61 Å². The van der Waals surface area contributed by atoms with E-state index in [9.17, 15) is 4.79 Å². The zero-order chi connectivity index (χ0) is 12.4. The van der Waals surface area contributed by atoms with Crippen molar-refractivity contribution in [1.82, 2.24) is 15.3 Å². The fourth-order valence-electron chi connectivity index (χ4n) is 2.39. The first-order chi connectivity index (χ1) is 8.84. The summed E-state index contributed by atoms with van der Waals surface area (Å²) in [5.74, 6) is 1.01. The first-order valence-electron chi connectivity index (χ1n) is 6.31. The van der Waals surface area contributed by atoms with Gasteiger partial charge in [0.15, 0.2) is 5.82 Å². The Labute approximate surface area is 105 Å². The number of hydrogen-bond acceptors (Lipinski definition) is 5. The number of nitrogens with one attached hydrogen (secondary N) is 1. The van der Waals surface area contributed by atoms with Gasteiger partial charge in [0.05, 0.1) is 24.6 Å². The first kappa shape index (κ1) is 11.4. The van der Waals surface area contributed by atoms with Gasteiger partial charge in [-0.1, -0.05) is 0 Å². The third kappa shape index (κ3) is 2.15. The summed E-state index contributed by atoms with van der Waals surface area (Å²) in [6, 6.07) is 0. The molecule has 6 nitrogen and oxygen atoms in total. The van der Waals surface area contributed by atoms with E-state index in [1.165, 1.54) is 11.3 Å². The molecule has 1 aromatic heterocycles. The minimum atomic E-state index is -0.337. The predicted molar refractivity (Wildman–Crippen MR) is 65.6 cm³/mol. The molecular weight excluding hydrogens is 232 g/mol. The monoisotopic (exact) mass is 248 g/mol. The number of cyclic esters (lactones) is 1. The van der Waals surface area contributed by atoms with Crippen molar-refractivity contribution in [2.24, 2.45) is 0 Å². The van der Waals surface area contributed by atoms with Gasteiger partial charge >= 0.3 is 6.09 Å². The lowest BCUT2D eigenvalue weighted by Gasteiger charge is -2.22. The van der Waals surface area contributed by atoms with Crippen LogP contribution in [-0.4, -0.2) is 42.3 Å². The molecule has 1 aromatic rings. The molecule has 0 aliphatic carbocycles. The lowest BCUT2D eigenvalue weighted by atomic mass is 9.97. The Hall–Kier alpha value is -1.69. The molecule has 0 radical (unpaired) electrons. The Kier molecular flexibility index (Phi) is 3.10. The number of piperidine rings is 1. The molecule has 2 aliphatic rings. The van der Waals surface area contributed by atoms with E-state index >= 15 is 0 Å². The second-order valence-corrected chi connectivity index (χ2v) is 4.61. The van der Waals surface area contributed by atoms with E-state index in [1.807, 2.05) is 0 Å². The van der Waals surface area contributed by atoms with Crippen molar-refractivity contribution >= 4 is 11.9 Å². The highest BCUT2D eigenvalue weighted by Gasteiger charge is 2.25. The van der Waals surface area contributed by atoms with Crippen molar-refractivity contribution in [1.29, 1.82) is 0 Å². The molecule has 1 N–H and O–H groups in total. The van der Waals surface area contributed by atoms with Crippen LogP contribution in [0.3, 0.4) is 0 Å². The van der Waals surface area contributed by atoms with Crippen LogP contribution in [0.5, 0.6) is 0 Å². The number of aromatic nitrogens is 2. The van der Waals surface area contributed by atoms with E-state index in [2.05, 4.69) is 15.3 Å². The minimum Gasteiger partial charge on any atom is -0.447 e. The molecule has 96 valence electrons. The molecule has 0 saturated carbocycles. The third-order valence-corrected chi connectivity index (χ3v) is 3.41. The highest BCUT2D eigenvalue weighted by Crippen LogP contribution is 2.22. The second kappa shape index (κ2) is 4.89. The van der Waals surface area contributed by atoms with Crippen molar-refractivity contribution < 1.29 is 9.53 Å². The zero-order valence-electron chi connectivity index (χ0n) is 10.1. The quantitative estimate of drug-likeness (QED) is 0.842. The number of hydrogen-bond donors (Lipinski definition) is 1. The van der Waals surface area contributed by atoms with Gasteiger partial charge in [-0.25, -0.2) is 9.78 Å². The van der Waals surface area contributed by atoms with Crippen molar-refractivity contribution in [2.45, 2.75) is 18.8 Å². The minimum absolute atomic E-state index is 0.337. The van der Waals surface area contributed by atoms with Crippen LogP contribution in [-0.2, 0) is 4.74 Å². The maximum absolute atomic E-state index is 11.4. The molecule has 2 fully saturated rings. The Balaban J connectivity index is 1.74. The summed E-state index contributed by atoms with van der Waals surface area (Å²) in [5, 5.41) is 3.36. The molecule has 6 heteroatoms. The number of carbonyl (C=O) groups is 1. The van der Waals surface area contributed by atoms with Crippen LogP contribution in [0.15, 0.2) is 12.4 Å². The molecule has 0 spiro atoms. The van der Waals surface area contributed by atoms with Gasteiger partial charge in [-0.15, -0.1) is 0 Å². The number of carbonyl (C=O) groups excluding carboxylic acids is 1. The van der Waals surface area contributed by atoms with Crippen LogP contribution < -0.4 is 10.2 Å². The Morgan fingerprint density at radius 3 is 2.94 bits per heavy atom. The lowest BCUT2D eigenvalue weighted by molar-refractivity contribution is 0.181. The van der Waals surface area contributed by atoms with E-state index in [0.29, 0.717) is 24.9 Å². The van der Waals surface area contributed by atoms with Crippen LogP contribution in [0.1, 0.15) is 24.5 Å². The molecule has 0 unspecified atom stereocenters. The van der Waals surface area contributed by atoms with Crippen LogP contribution in [0, 0.1) is 0 Å². The molecule has 1 amide bonds. The zero-order valence-corrected chi connectivity index (χ0v) is 10.1. The second-order valence-electron chi connectivity index (χ2n) is 4.61.